The number of esters is 1. The number of rotatable bonds is 3. The Hall–Kier alpha value is -1.95. The van der Waals surface area contributed by atoms with Crippen molar-refractivity contribution >= 4 is 23.0 Å². The molecule has 0 saturated heterocycles. The molecule has 0 unspecified atom stereocenters. The molecule has 6 heteroatoms. The molecule has 1 aromatic carbocycles. The monoisotopic (exact) mass is 308 g/mol. The number of nitrogens with two attached hydrogens (primary N) is 1. The summed E-state index contributed by atoms with van der Waals surface area (Å²) in [6.07, 6.45) is 0. The maximum Gasteiger partial charge on any atom is 0.338 e. The van der Waals surface area contributed by atoms with Crippen LogP contribution in [0, 0.1) is 5.82 Å². The van der Waals surface area contributed by atoms with Gasteiger partial charge in [-0.15, -0.1) is 11.3 Å². The number of carbonyl (C=O) groups excluding carboxylic acids is 1. The number of hydrogen-bond donors (Lipinski definition) is 1. The van der Waals surface area contributed by atoms with E-state index in [0.717, 1.165) is 16.8 Å². The van der Waals surface area contributed by atoms with Crippen molar-refractivity contribution in [1.29, 1.82) is 0 Å². The third-order valence-corrected chi connectivity index (χ3v) is 3.70. The Balaban J connectivity index is 2.01. The van der Waals surface area contributed by atoms with Crippen molar-refractivity contribution in [3.63, 3.8) is 0 Å². The second-order valence-electron chi connectivity index (χ2n) is 5.69. The van der Waals surface area contributed by atoms with Crippen LogP contribution in [0.2, 0.25) is 0 Å². The Morgan fingerprint density at radius 3 is 2.71 bits per heavy atom. The highest BCUT2D eigenvalue weighted by Gasteiger charge is 2.18. The summed E-state index contributed by atoms with van der Waals surface area (Å²) in [7, 11) is 0. The molecule has 0 bridgehead atoms. The average molecular weight is 308 g/mol. The van der Waals surface area contributed by atoms with E-state index in [1.165, 1.54) is 23.5 Å². The van der Waals surface area contributed by atoms with Crippen LogP contribution in [-0.2, 0) is 16.8 Å². The van der Waals surface area contributed by atoms with Crippen LogP contribution < -0.4 is 5.73 Å². The molecule has 0 saturated carbocycles. The van der Waals surface area contributed by atoms with Crippen molar-refractivity contribution in [3.8, 4) is 0 Å². The standard InChI is InChI=1S/C15H17FN2O2S/c1-15(2,3)12-8-21-13(18-12)7-20-14(19)9-4-5-10(16)11(17)6-9/h4-6,8H,7,17H2,1-3H3. The number of hydrogen-bond acceptors (Lipinski definition) is 5. The summed E-state index contributed by atoms with van der Waals surface area (Å²) < 4.78 is 18.2. The first kappa shape index (κ1) is 15.4. The molecule has 4 nitrogen and oxygen atoms in total. The molecular weight excluding hydrogens is 291 g/mol. The van der Waals surface area contributed by atoms with Gasteiger partial charge in [-0.1, -0.05) is 20.8 Å². The van der Waals surface area contributed by atoms with Gasteiger partial charge in [0.25, 0.3) is 0 Å². The Morgan fingerprint density at radius 1 is 1.43 bits per heavy atom. The zero-order chi connectivity index (χ0) is 15.6. The minimum absolute atomic E-state index is 0.0375. The van der Waals surface area contributed by atoms with Crippen molar-refractivity contribution in [1.82, 2.24) is 4.98 Å². The summed E-state index contributed by atoms with van der Waals surface area (Å²) in [6, 6.07) is 3.75. The number of thiazole rings is 1. The van der Waals surface area contributed by atoms with Crippen LogP contribution in [0.15, 0.2) is 23.6 Å². The van der Waals surface area contributed by atoms with Gasteiger partial charge in [0.2, 0.25) is 0 Å². The van der Waals surface area contributed by atoms with E-state index in [1.807, 2.05) is 5.38 Å². The molecule has 0 aliphatic carbocycles. The molecule has 0 radical (unpaired) electrons. The predicted molar refractivity (Wildman–Crippen MR) is 80.7 cm³/mol. The van der Waals surface area contributed by atoms with Gasteiger partial charge < -0.3 is 10.5 Å². The third kappa shape index (κ3) is 3.78. The number of benzene rings is 1. The fourth-order valence-electron chi connectivity index (χ4n) is 1.60. The normalized spacial score (nSPS) is 11.4. The molecule has 2 rings (SSSR count). The van der Waals surface area contributed by atoms with Crippen molar-refractivity contribution in [3.05, 3.63) is 45.7 Å². The molecule has 2 N–H and O–H groups in total. The number of aromatic nitrogens is 1. The highest BCUT2D eigenvalue weighted by Crippen LogP contribution is 2.24. The number of nitrogens with zero attached hydrogens (tertiary/aromatic N) is 1. The molecule has 0 atom stereocenters. The lowest BCUT2D eigenvalue weighted by molar-refractivity contribution is 0.0472. The lowest BCUT2D eigenvalue weighted by Gasteiger charge is -2.14. The van der Waals surface area contributed by atoms with Crippen LogP contribution in [-0.4, -0.2) is 11.0 Å². The molecule has 0 amide bonds. The van der Waals surface area contributed by atoms with Crippen LogP contribution in [0.4, 0.5) is 10.1 Å². The molecule has 0 spiro atoms. The van der Waals surface area contributed by atoms with Crippen molar-refractivity contribution < 1.29 is 13.9 Å². The van der Waals surface area contributed by atoms with Gasteiger partial charge in [0.15, 0.2) is 0 Å². The largest absolute Gasteiger partial charge is 0.455 e. The molecular formula is C15H17FN2O2S. The van der Waals surface area contributed by atoms with E-state index in [9.17, 15) is 9.18 Å². The van der Waals surface area contributed by atoms with Gasteiger partial charge in [-0.2, -0.15) is 0 Å². The van der Waals surface area contributed by atoms with Gasteiger partial charge >= 0.3 is 5.97 Å². The van der Waals surface area contributed by atoms with Crippen molar-refractivity contribution in [2.45, 2.75) is 32.8 Å². The number of halogens is 1. The Bertz CT molecular complexity index is 662. The second-order valence-corrected chi connectivity index (χ2v) is 6.63. The summed E-state index contributed by atoms with van der Waals surface area (Å²) in [5, 5.41) is 2.68. The summed E-state index contributed by atoms with van der Waals surface area (Å²) in [5.41, 5.74) is 6.50. The first-order chi connectivity index (χ1) is 9.77. The lowest BCUT2D eigenvalue weighted by atomic mass is 9.93. The molecule has 0 aliphatic rings. The third-order valence-electron chi connectivity index (χ3n) is 2.88. The van der Waals surface area contributed by atoms with Crippen LogP contribution >= 0.6 is 11.3 Å². The van der Waals surface area contributed by atoms with Gasteiger partial charge in [-0.3, -0.25) is 0 Å². The summed E-state index contributed by atoms with van der Waals surface area (Å²) in [4.78, 5) is 16.3. The van der Waals surface area contributed by atoms with Crippen LogP contribution in [0.5, 0.6) is 0 Å². The van der Waals surface area contributed by atoms with Gasteiger partial charge in [0, 0.05) is 10.8 Å². The maximum absolute atomic E-state index is 13.0. The van der Waals surface area contributed by atoms with Crippen LogP contribution in [0.25, 0.3) is 0 Å². The van der Waals surface area contributed by atoms with Gasteiger partial charge in [0.1, 0.15) is 17.4 Å². The average Bonchev–Trinajstić information content (AvgIpc) is 2.88. The van der Waals surface area contributed by atoms with Crippen molar-refractivity contribution in [2.75, 3.05) is 5.73 Å². The SMILES string of the molecule is CC(C)(C)c1csc(COC(=O)c2ccc(F)c(N)c2)n1. The highest BCUT2D eigenvalue weighted by atomic mass is 32.1. The zero-order valence-electron chi connectivity index (χ0n) is 12.1. The van der Waals surface area contributed by atoms with E-state index in [1.54, 1.807) is 0 Å². The fraction of sp³-hybridized carbons (Fsp3) is 0.333. The lowest BCUT2D eigenvalue weighted by Crippen LogP contribution is -2.12. The topological polar surface area (TPSA) is 65.2 Å². The van der Waals surface area contributed by atoms with Gasteiger partial charge in [0.05, 0.1) is 16.9 Å². The minimum atomic E-state index is -0.554. The summed E-state index contributed by atoms with van der Waals surface area (Å²) in [5.74, 6) is -1.10. The molecule has 112 valence electrons. The first-order valence-electron chi connectivity index (χ1n) is 6.44. The van der Waals surface area contributed by atoms with Crippen LogP contribution in [0.1, 0.15) is 41.8 Å². The number of nitrogen functional groups attached to an aromatic ring is 1. The number of ether oxygens (including phenoxy) is 1. The maximum atomic E-state index is 13.0. The first-order valence-corrected chi connectivity index (χ1v) is 7.32. The molecule has 1 aromatic heterocycles. The number of anilines is 1. The van der Waals surface area contributed by atoms with Gasteiger partial charge in [-0.25, -0.2) is 14.2 Å². The Morgan fingerprint density at radius 2 is 2.14 bits per heavy atom. The quantitative estimate of drug-likeness (QED) is 0.696. The zero-order valence-corrected chi connectivity index (χ0v) is 13.0. The molecule has 21 heavy (non-hydrogen) atoms. The van der Waals surface area contributed by atoms with E-state index in [2.05, 4.69) is 25.8 Å². The van der Waals surface area contributed by atoms with E-state index < -0.39 is 11.8 Å². The predicted octanol–water partition coefficient (Wildman–Crippen LogP) is 3.52. The summed E-state index contributed by atoms with van der Waals surface area (Å²) >= 11 is 1.45. The van der Waals surface area contributed by atoms with E-state index in [0.29, 0.717) is 0 Å². The van der Waals surface area contributed by atoms with E-state index in [4.69, 9.17) is 10.5 Å². The minimum Gasteiger partial charge on any atom is -0.455 e. The molecule has 0 fully saturated rings. The second kappa shape index (κ2) is 5.81. The molecule has 0 aliphatic heterocycles. The Kier molecular flexibility index (Phi) is 4.27. The van der Waals surface area contributed by atoms with Crippen LogP contribution in [0.3, 0.4) is 0 Å². The highest BCUT2D eigenvalue weighted by molar-refractivity contribution is 7.09. The summed E-state index contributed by atoms with van der Waals surface area (Å²) in [6.45, 7) is 6.30. The Labute approximate surface area is 126 Å². The number of carbonyl (C=O) groups is 1. The van der Waals surface area contributed by atoms with Crippen molar-refractivity contribution in [2.24, 2.45) is 0 Å². The molecule has 2 aromatic rings. The fourth-order valence-corrected chi connectivity index (χ4v) is 2.53. The van der Waals surface area contributed by atoms with E-state index in [-0.39, 0.29) is 23.3 Å². The van der Waals surface area contributed by atoms with Gasteiger partial charge in [-0.05, 0) is 18.2 Å². The smallest absolute Gasteiger partial charge is 0.338 e. The van der Waals surface area contributed by atoms with E-state index >= 15 is 0 Å². The molecule has 1 heterocycles.